The van der Waals surface area contributed by atoms with Crippen molar-refractivity contribution >= 4 is 12.0 Å². The lowest BCUT2D eigenvalue weighted by atomic mass is 10.1. The summed E-state index contributed by atoms with van der Waals surface area (Å²) in [6.45, 7) is 1.28. The van der Waals surface area contributed by atoms with Crippen LogP contribution in [0, 0.1) is 0 Å². The number of aromatic carboxylic acids is 1. The Morgan fingerprint density at radius 3 is 2.73 bits per heavy atom. The molecular weight excluding hydrogens is 200 g/mol. The molecule has 1 aliphatic heterocycles. The average molecular weight is 212 g/mol. The molecule has 1 fully saturated rings. The van der Waals surface area contributed by atoms with Crippen LogP contribution in [0.1, 0.15) is 23.4 Å². The molecule has 1 aromatic rings. The second-order valence-corrected chi connectivity index (χ2v) is 3.53. The molecular formula is C9H12N2O4. The summed E-state index contributed by atoms with van der Waals surface area (Å²) < 4.78 is 5.05. The minimum absolute atomic E-state index is 0.156. The summed E-state index contributed by atoms with van der Waals surface area (Å²) in [6.07, 6.45) is 2.24. The molecule has 0 saturated carbocycles. The van der Waals surface area contributed by atoms with Crippen molar-refractivity contribution in [3.8, 4) is 0 Å². The monoisotopic (exact) mass is 212 g/mol. The normalized spacial score (nSPS) is 18.1. The van der Waals surface area contributed by atoms with Crippen molar-refractivity contribution in [1.82, 2.24) is 4.98 Å². The summed E-state index contributed by atoms with van der Waals surface area (Å²) in [5.74, 6) is -1.28. The molecule has 82 valence electrons. The van der Waals surface area contributed by atoms with E-state index in [2.05, 4.69) is 4.98 Å². The van der Waals surface area contributed by atoms with Gasteiger partial charge in [-0.05, 0) is 12.8 Å². The molecule has 0 aromatic carbocycles. The topological polar surface area (TPSA) is 86.8 Å². The number of hydrogen-bond acceptors (Lipinski definition) is 5. The Balaban J connectivity index is 2.06. The van der Waals surface area contributed by atoms with E-state index < -0.39 is 5.97 Å². The Morgan fingerprint density at radius 1 is 1.53 bits per heavy atom. The fourth-order valence-corrected chi connectivity index (χ4v) is 1.57. The van der Waals surface area contributed by atoms with Crippen LogP contribution in [-0.4, -0.2) is 40.4 Å². The first-order valence-electron chi connectivity index (χ1n) is 4.79. The van der Waals surface area contributed by atoms with E-state index >= 15 is 0 Å². The van der Waals surface area contributed by atoms with Gasteiger partial charge in [-0.25, -0.2) is 9.78 Å². The number of carboxylic acid groups (broad SMARTS) is 1. The van der Waals surface area contributed by atoms with Crippen molar-refractivity contribution in [2.24, 2.45) is 0 Å². The lowest BCUT2D eigenvalue weighted by molar-refractivity contribution is 0.0662. The van der Waals surface area contributed by atoms with E-state index in [1.807, 2.05) is 4.90 Å². The van der Waals surface area contributed by atoms with Crippen molar-refractivity contribution in [3.05, 3.63) is 12.0 Å². The van der Waals surface area contributed by atoms with Crippen molar-refractivity contribution in [3.63, 3.8) is 0 Å². The van der Waals surface area contributed by atoms with E-state index in [9.17, 15) is 9.90 Å². The second kappa shape index (κ2) is 3.90. The molecule has 2 rings (SSSR count). The Kier molecular flexibility index (Phi) is 2.59. The Hall–Kier alpha value is -1.56. The minimum atomic E-state index is -1.12. The second-order valence-electron chi connectivity index (χ2n) is 3.53. The molecule has 0 bridgehead atoms. The molecule has 15 heavy (non-hydrogen) atoms. The highest BCUT2D eigenvalue weighted by atomic mass is 16.4. The van der Waals surface area contributed by atoms with Crippen molar-refractivity contribution in [2.75, 3.05) is 18.0 Å². The third kappa shape index (κ3) is 2.10. The first-order chi connectivity index (χ1) is 7.16. The Labute approximate surface area is 86.1 Å². The van der Waals surface area contributed by atoms with Crippen LogP contribution < -0.4 is 4.90 Å². The van der Waals surface area contributed by atoms with Gasteiger partial charge < -0.3 is 19.5 Å². The number of rotatable bonds is 2. The number of aromatic nitrogens is 1. The molecule has 1 aromatic heterocycles. The molecule has 2 N–H and O–H groups in total. The number of anilines is 1. The molecule has 6 heteroatoms. The van der Waals surface area contributed by atoms with E-state index in [1.54, 1.807) is 0 Å². The van der Waals surface area contributed by atoms with Crippen LogP contribution in [0.3, 0.4) is 0 Å². The van der Waals surface area contributed by atoms with E-state index in [0.29, 0.717) is 31.9 Å². The minimum Gasteiger partial charge on any atom is -0.475 e. The fourth-order valence-electron chi connectivity index (χ4n) is 1.57. The predicted octanol–water partition coefficient (Wildman–Crippen LogP) is 0.334. The average Bonchev–Trinajstić information content (AvgIpc) is 2.68. The number of oxazole rings is 1. The highest BCUT2D eigenvalue weighted by Gasteiger charge is 2.21. The number of hydrogen-bond donors (Lipinski definition) is 2. The zero-order valence-electron chi connectivity index (χ0n) is 8.09. The maximum absolute atomic E-state index is 10.6. The molecule has 0 spiro atoms. The first kappa shape index (κ1) is 9.97. The van der Waals surface area contributed by atoms with Crippen molar-refractivity contribution in [2.45, 2.75) is 18.9 Å². The van der Waals surface area contributed by atoms with Gasteiger partial charge in [-0.3, -0.25) is 0 Å². The summed E-state index contributed by atoms with van der Waals surface area (Å²) in [4.78, 5) is 16.3. The lowest BCUT2D eigenvalue weighted by Crippen LogP contribution is -2.35. The van der Waals surface area contributed by atoms with Crippen molar-refractivity contribution in [1.29, 1.82) is 0 Å². The number of aliphatic hydroxyl groups is 1. The maximum atomic E-state index is 10.6. The van der Waals surface area contributed by atoms with Crippen LogP contribution in [0.4, 0.5) is 6.01 Å². The van der Waals surface area contributed by atoms with Gasteiger partial charge in [0.15, 0.2) is 0 Å². The molecule has 0 amide bonds. The van der Waals surface area contributed by atoms with Gasteiger partial charge in [-0.2, -0.15) is 0 Å². The highest BCUT2D eigenvalue weighted by molar-refractivity contribution is 5.84. The zero-order valence-corrected chi connectivity index (χ0v) is 8.09. The number of carboxylic acids is 1. The van der Waals surface area contributed by atoms with Gasteiger partial charge in [0.2, 0.25) is 5.76 Å². The van der Waals surface area contributed by atoms with E-state index in [0.717, 1.165) is 0 Å². The van der Waals surface area contributed by atoms with Crippen LogP contribution in [0.15, 0.2) is 10.6 Å². The van der Waals surface area contributed by atoms with Gasteiger partial charge in [0, 0.05) is 13.1 Å². The van der Waals surface area contributed by atoms with E-state index in [-0.39, 0.29) is 11.9 Å². The maximum Gasteiger partial charge on any atom is 0.373 e. The number of nitrogens with zero attached hydrogens (tertiary/aromatic N) is 2. The summed E-state index contributed by atoms with van der Waals surface area (Å²) >= 11 is 0. The quantitative estimate of drug-likeness (QED) is 0.734. The molecule has 1 saturated heterocycles. The fraction of sp³-hybridized carbons (Fsp3) is 0.556. The van der Waals surface area contributed by atoms with Gasteiger partial charge in [-0.15, -0.1) is 0 Å². The largest absolute Gasteiger partial charge is 0.475 e. The third-order valence-electron chi connectivity index (χ3n) is 2.44. The van der Waals surface area contributed by atoms with Crippen LogP contribution in [0.5, 0.6) is 0 Å². The first-order valence-corrected chi connectivity index (χ1v) is 4.79. The van der Waals surface area contributed by atoms with Crippen molar-refractivity contribution < 1.29 is 19.4 Å². The van der Waals surface area contributed by atoms with Gasteiger partial charge in [0.1, 0.15) is 0 Å². The van der Waals surface area contributed by atoms with Gasteiger partial charge in [0.05, 0.1) is 12.3 Å². The standard InChI is InChI=1S/C9H12N2O4/c12-6-1-3-11(4-2-6)9-10-5-7(15-9)8(13)14/h5-6,12H,1-4H2,(H,13,14). The zero-order chi connectivity index (χ0) is 10.8. The van der Waals surface area contributed by atoms with Crippen LogP contribution in [-0.2, 0) is 0 Å². The molecule has 2 heterocycles. The summed E-state index contributed by atoms with van der Waals surface area (Å²) in [7, 11) is 0. The molecule has 0 atom stereocenters. The van der Waals surface area contributed by atoms with Crippen LogP contribution in [0.25, 0.3) is 0 Å². The van der Waals surface area contributed by atoms with Gasteiger partial charge >= 0.3 is 5.97 Å². The predicted molar refractivity (Wildman–Crippen MR) is 50.9 cm³/mol. The van der Waals surface area contributed by atoms with Crippen LogP contribution in [0.2, 0.25) is 0 Å². The SMILES string of the molecule is O=C(O)c1cnc(N2CCC(O)CC2)o1. The van der Waals surface area contributed by atoms with E-state index in [4.69, 9.17) is 9.52 Å². The van der Waals surface area contributed by atoms with Gasteiger partial charge in [0.25, 0.3) is 6.01 Å². The summed E-state index contributed by atoms with van der Waals surface area (Å²) in [5.41, 5.74) is 0. The Morgan fingerprint density at radius 2 is 2.20 bits per heavy atom. The highest BCUT2D eigenvalue weighted by Crippen LogP contribution is 2.19. The third-order valence-corrected chi connectivity index (χ3v) is 2.44. The smallest absolute Gasteiger partial charge is 0.373 e. The molecule has 0 unspecified atom stereocenters. The van der Waals surface area contributed by atoms with Crippen LogP contribution >= 0.6 is 0 Å². The Bertz CT molecular complexity index is 355. The lowest BCUT2D eigenvalue weighted by Gasteiger charge is -2.27. The summed E-state index contributed by atoms with van der Waals surface area (Å²) in [5, 5.41) is 17.9. The number of carbonyl (C=O) groups is 1. The number of aliphatic hydroxyl groups excluding tert-OH is 1. The summed E-state index contributed by atoms with van der Waals surface area (Å²) in [6, 6.07) is 0.319. The molecule has 0 radical (unpaired) electrons. The molecule has 0 aliphatic carbocycles. The number of piperidine rings is 1. The van der Waals surface area contributed by atoms with Gasteiger partial charge in [-0.1, -0.05) is 0 Å². The molecule has 6 nitrogen and oxygen atoms in total. The molecule has 1 aliphatic rings. The van der Waals surface area contributed by atoms with E-state index in [1.165, 1.54) is 6.20 Å².